The highest BCUT2D eigenvalue weighted by Gasteiger charge is 2.62. The number of hydrogen-bond donors (Lipinski definition) is 2. The van der Waals surface area contributed by atoms with Crippen molar-refractivity contribution in [2.45, 2.75) is 0 Å². The lowest BCUT2D eigenvalue weighted by molar-refractivity contribution is -0.150. The van der Waals surface area contributed by atoms with Crippen LogP contribution in [0.2, 0.25) is 0 Å². The van der Waals surface area contributed by atoms with E-state index in [2.05, 4.69) is 11.9 Å². The molecule has 0 aromatic rings. The second-order valence-electron chi connectivity index (χ2n) is 6.86. The van der Waals surface area contributed by atoms with Crippen LogP contribution < -0.4 is 5.32 Å². The van der Waals surface area contributed by atoms with Gasteiger partial charge >= 0.3 is 5.97 Å². The molecule has 2 atom stereocenters. The smallest absolute Gasteiger partial charge is 0.314 e. The largest absolute Gasteiger partial charge is 0.481 e. The molecule has 9 nitrogen and oxygen atoms in total. The van der Waals surface area contributed by atoms with E-state index in [1.165, 1.54) is 9.80 Å². The molecule has 3 fully saturated rings. The Morgan fingerprint density at radius 3 is 2.72 bits per heavy atom. The normalized spacial score (nSPS) is 29.5. The van der Waals surface area contributed by atoms with Gasteiger partial charge in [0.1, 0.15) is 5.41 Å². The number of hydrogen-bond acceptors (Lipinski definition) is 5. The summed E-state index contributed by atoms with van der Waals surface area (Å²) in [6.45, 7) is 5.39. The number of carboxylic acid groups (broad SMARTS) is 1. The number of carbonyl (C=O) groups is 4. The minimum Gasteiger partial charge on any atom is -0.481 e. The predicted octanol–water partition coefficient (Wildman–Crippen LogP) is -2.02. The van der Waals surface area contributed by atoms with Gasteiger partial charge in [-0.05, 0) is 0 Å². The molecule has 3 aliphatic heterocycles. The molecular formula is C16H22N4O5. The first kappa shape index (κ1) is 17.4. The Morgan fingerprint density at radius 2 is 2.12 bits per heavy atom. The standard InChI is InChI=1S/C16H22N4O5/c1-2-4-19-9-16(15(24)25)10-20(6-11(16)14(19)23)13(22)8-18-5-3-17-12(21)7-18/h2,11H,1,3-10H2,(H,17,21)(H,24,25)/t11-,16+/m1/s1. The fourth-order valence-electron chi connectivity index (χ4n) is 3.93. The molecule has 2 N–H and O–H groups in total. The number of carbonyl (C=O) groups excluding carboxylic acids is 3. The first-order chi connectivity index (χ1) is 11.9. The lowest BCUT2D eigenvalue weighted by Crippen LogP contribution is -2.51. The SMILES string of the molecule is C=CCN1C[C@]2(C(=O)O)CN(C(=O)CN3CCNC(=O)C3)C[C@@H]2C1=O. The van der Waals surface area contributed by atoms with Crippen molar-refractivity contribution in [3.63, 3.8) is 0 Å². The summed E-state index contributed by atoms with van der Waals surface area (Å²) in [4.78, 5) is 53.0. The van der Waals surface area contributed by atoms with Crippen LogP contribution in [-0.4, -0.2) is 95.9 Å². The molecule has 0 saturated carbocycles. The lowest BCUT2D eigenvalue weighted by Gasteiger charge is -2.29. The molecule has 0 bridgehead atoms. The minimum atomic E-state index is -1.25. The van der Waals surface area contributed by atoms with Crippen molar-refractivity contribution in [1.29, 1.82) is 0 Å². The van der Waals surface area contributed by atoms with Gasteiger partial charge in [0, 0.05) is 39.3 Å². The molecule has 3 amide bonds. The Kier molecular flexibility index (Phi) is 4.51. The number of carboxylic acids is 1. The van der Waals surface area contributed by atoms with E-state index < -0.39 is 17.3 Å². The van der Waals surface area contributed by atoms with E-state index in [-0.39, 0.29) is 50.4 Å². The maximum absolute atomic E-state index is 12.5. The highest BCUT2D eigenvalue weighted by atomic mass is 16.4. The van der Waals surface area contributed by atoms with Gasteiger partial charge in [-0.3, -0.25) is 24.1 Å². The van der Waals surface area contributed by atoms with Crippen LogP contribution in [0.25, 0.3) is 0 Å². The second kappa shape index (κ2) is 6.47. The van der Waals surface area contributed by atoms with E-state index in [0.717, 1.165) is 0 Å². The molecular weight excluding hydrogens is 328 g/mol. The van der Waals surface area contributed by atoms with Gasteiger partial charge < -0.3 is 20.2 Å². The van der Waals surface area contributed by atoms with Gasteiger partial charge in [0.05, 0.1) is 19.0 Å². The van der Waals surface area contributed by atoms with Crippen molar-refractivity contribution in [3.8, 4) is 0 Å². The van der Waals surface area contributed by atoms with Crippen molar-refractivity contribution in [2.75, 3.05) is 52.4 Å². The Balaban J connectivity index is 1.69. The van der Waals surface area contributed by atoms with Gasteiger partial charge in [0.25, 0.3) is 0 Å². The summed E-state index contributed by atoms with van der Waals surface area (Å²) in [6.07, 6.45) is 1.57. The third kappa shape index (κ3) is 2.99. The van der Waals surface area contributed by atoms with Crippen molar-refractivity contribution in [2.24, 2.45) is 11.3 Å². The van der Waals surface area contributed by atoms with Crippen molar-refractivity contribution >= 4 is 23.7 Å². The van der Waals surface area contributed by atoms with E-state index in [9.17, 15) is 24.3 Å². The fourth-order valence-corrected chi connectivity index (χ4v) is 3.93. The summed E-state index contributed by atoms with van der Waals surface area (Å²) in [5.41, 5.74) is -1.25. The summed E-state index contributed by atoms with van der Waals surface area (Å²) in [5.74, 6) is -2.39. The summed E-state index contributed by atoms with van der Waals surface area (Å²) in [7, 11) is 0. The highest BCUT2D eigenvalue weighted by Crippen LogP contribution is 2.43. The van der Waals surface area contributed by atoms with Crippen molar-refractivity contribution < 1.29 is 24.3 Å². The maximum atomic E-state index is 12.5. The molecule has 0 aliphatic carbocycles. The zero-order chi connectivity index (χ0) is 18.2. The van der Waals surface area contributed by atoms with E-state index in [1.807, 2.05) is 0 Å². The monoisotopic (exact) mass is 350 g/mol. The molecule has 3 aliphatic rings. The van der Waals surface area contributed by atoms with Gasteiger partial charge in [-0.2, -0.15) is 0 Å². The van der Waals surface area contributed by atoms with E-state index in [0.29, 0.717) is 19.6 Å². The molecule has 3 saturated heterocycles. The molecule has 0 aromatic carbocycles. The van der Waals surface area contributed by atoms with Gasteiger partial charge in [-0.25, -0.2) is 0 Å². The first-order valence-electron chi connectivity index (χ1n) is 8.27. The van der Waals surface area contributed by atoms with Crippen LogP contribution in [0.15, 0.2) is 12.7 Å². The zero-order valence-electron chi connectivity index (χ0n) is 13.9. The van der Waals surface area contributed by atoms with Crippen LogP contribution in [0.5, 0.6) is 0 Å². The number of likely N-dealkylation sites (tertiary alicyclic amines) is 2. The average Bonchev–Trinajstić information content (AvgIpc) is 3.05. The summed E-state index contributed by atoms with van der Waals surface area (Å²) < 4.78 is 0. The number of piperazine rings is 1. The molecule has 136 valence electrons. The third-order valence-electron chi connectivity index (χ3n) is 5.23. The molecule has 3 heterocycles. The summed E-state index contributed by atoms with van der Waals surface area (Å²) in [5, 5.41) is 12.4. The molecule has 25 heavy (non-hydrogen) atoms. The number of aliphatic carboxylic acids is 1. The topological polar surface area (TPSA) is 110 Å². The predicted molar refractivity (Wildman–Crippen MR) is 86.4 cm³/mol. The van der Waals surface area contributed by atoms with Gasteiger partial charge in [0.15, 0.2) is 0 Å². The van der Waals surface area contributed by atoms with Crippen LogP contribution in [0.4, 0.5) is 0 Å². The van der Waals surface area contributed by atoms with Crippen LogP contribution in [0.1, 0.15) is 0 Å². The Bertz CT molecular complexity index is 636. The molecule has 3 rings (SSSR count). The number of fused-ring (bicyclic) bond motifs is 1. The number of nitrogens with zero attached hydrogens (tertiary/aromatic N) is 3. The molecule has 0 unspecified atom stereocenters. The molecule has 9 heteroatoms. The summed E-state index contributed by atoms with van der Waals surface area (Å²) in [6, 6.07) is 0. The number of nitrogens with one attached hydrogen (secondary N) is 1. The van der Waals surface area contributed by atoms with Gasteiger partial charge in [-0.1, -0.05) is 6.08 Å². The van der Waals surface area contributed by atoms with Crippen LogP contribution in [-0.2, 0) is 19.2 Å². The maximum Gasteiger partial charge on any atom is 0.314 e. The molecule has 0 aromatic heterocycles. The molecule has 0 spiro atoms. The highest BCUT2D eigenvalue weighted by molar-refractivity contribution is 5.94. The van der Waals surface area contributed by atoms with E-state index in [4.69, 9.17) is 0 Å². The molecule has 0 radical (unpaired) electrons. The van der Waals surface area contributed by atoms with E-state index in [1.54, 1.807) is 11.0 Å². The van der Waals surface area contributed by atoms with Gasteiger partial charge in [-0.15, -0.1) is 6.58 Å². The minimum absolute atomic E-state index is 0.0191. The Labute approximate surface area is 145 Å². The number of amides is 3. The fraction of sp³-hybridized carbons (Fsp3) is 0.625. The third-order valence-corrected chi connectivity index (χ3v) is 5.23. The zero-order valence-corrected chi connectivity index (χ0v) is 13.9. The van der Waals surface area contributed by atoms with E-state index >= 15 is 0 Å². The summed E-state index contributed by atoms with van der Waals surface area (Å²) >= 11 is 0. The van der Waals surface area contributed by atoms with Crippen LogP contribution in [0.3, 0.4) is 0 Å². The van der Waals surface area contributed by atoms with Crippen molar-refractivity contribution in [1.82, 2.24) is 20.0 Å². The Hall–Kier alpha value is -2.42. The van der Waals surface area contributed by atoms with Gasteiger partial charge in [0.2, 0.25) is 17.7 Å². The Morgan fingerprint density at radius 1 is 1.36 bits per heavy atom. The number of rotatable bonds is 5. The van der Waals surface area contributed by atoms with Crippen LogP contribution >= 0.6 is 0 Å². The van der Waals surface area contributed by atoms with Crippen LogP contribution in [0, 0.1) is 11.3 Å². The second-order valence-corrected chi connectivity index (χ2v) is 6.86. The lowest BCUT2D eigenvalue weighted by atomic mass is 9.81. The quantitative estimate of drug-likeness (QED) is 0.554. The average molecular weight is 350 g/mol. The van der Waals surface area contributed by atoms with Crippen molar-refractivity contribution in [3.05, 3.63) is 12.7 Å². The first-order valence-corrected chi connectivity index (χ1v) is 8.27.